The molecule has 0 rings (SSSR count). The number of ketones is 1. The molecule has 0 aromatic rings. The normalized spacial score (nSPS) is 17.3. The van der Waals surface area contributed by atoms with Gasteiger partial charge in [0, 0.05) is 0 Å². The number of aldehydes is 1. The lowest BCUT2D eigenvalue weighted by molar-refractivity contribution is -0.171. The summed E-state index contributed by atoms with van der Waals surface area (Å²) in [5.74, 6) is -0.708. The van der Waals surface area contributed by atoms with Crippen molar-refractivity contribution in [3.63, 3.8) is 0 Å². The average Bonchev–Trinajstić information content (AvgIpc) is 2.85. The average molecular weight is 491 g/mol. The molecule has 0 aliphatic rings. The molecular weight excluding hydrogens is 444 g/mol. The summed E-state index contributed by atoms with van der Waals surface area (Å²) in [6.45, 7) is 0.519. The van der Waals surface area contributed by atoms with Gasteiger partial charge < -0.3 is 40.2 Å². The van der Waals surface area contributed by atoms with Crippen molar-refractivity contribution in [2.45, 2.75) is 121 Å². The van der Waals surface area contributed by atoms with Crippen LogP contribution in [0.4, 0.5) is 0 Å². The summed E-state index contributed by atoms with van der Waals surface area (Å²) >= 11 is 0. The van der Waals surface area contributed by atoms with E-state index in [1.54, 1.807) is 6.08 Å². The molecule has 9 heteroatoms. The summed E-state index contributed by atoms with van der Waals surface area (Å²) in [6, 6.07) is 0. The molecule has 0 heterocycles. The van der Waals surface area contributed by atoms with Crippen molar-refractivity contribution in [3.8, 4) is 0 Å². The van der Waals surface area contributed by atoms with Gasteiger partial charge in [0.25, 0.3) is 0 Å². The Morgan fingerprint density at radius 3 is 1.74 bits per heavy atom. The number of carbonyl (C=O) groups excluding carboxylic acids is 2. The monoisotopic (exact) mass is 490 g/mol. The minimum Gasteiger partial charge on any atom is -0.394 e. The third kappa shape index (κ3) is 14.3. The smallest absolute Gasteiger partial charge is 0.186 e. The standard InChI is InChI=1S/C25H46O9/c1-2-3-4-5-6-7-8-9-10-11-12-13-14-15-19(29)25(21(31)17-27)34-22(18-28)24(33)23(32)20(30)16-26/h14-15,18,20-27,30-33H,2-13,16-17H2,1H3/t20-,21?,22+,23-,24-,25?/m1/s1. The highest BCUT2D eigenvalue weighted by atomic mass is 16.5. The maximum Gasteiger partial charge on any atom is 0.186 e. The van der Waals surface area contributed by atoms with E-state index in [4.69, 9.17) is 9.84 Å². The Morgan fingerprint density at radius 1 is 0.765 bits per heavy atom. The lowest BCUT2D eigenvalue weighted by Gasteiger charge is -2.29. The molecule has 0 saturated heterocycles. The second-order valence-corrected chi connectivity index (χ2v) is 8.77. The highest BCUT2D eigenvalue weighted by Gasteiger charge is 2.36. The zero-order valence-electron chi connectivity index (χ0n) is 20.5. The van der Waals surface area contributed by atoms with Crippen molar-refractivity contribution in [1.82, 2.24) is 0 Å². The molecule has 0 aliphatic carbocycles. The van der Waals surface area contributed by atoms with Gasteiger partial charge in [-0.1, -0.05) is 77.2 Å². The van der Waals surface area contributed by atoms with Crippen LogP contribution in [0.5, 0.6) is 0 Å². The minimum atomic E-state index is -1.96. The van der Waals surface area contributed by atoms with E-state index in [1.807, 2.05) is 0 Å². The molecule has 0 radical (unpaired) electrons. The quantitative estimate of drug-likeness (QED) is 0.0701. The number of aliphatic hydroxyl groups excluding tert-OH is 6. The van der Waals surface area contributed by atoms with E-state index in [-0.39, 0.29) is 6.29 Å². The third-order valence-corrected chi connectivity index (χ3v) is 5.78. The Kier molecular flexibility index (Phi) is 20.4. The molecule has 0 fully saturated rings. The van der Waals surface area contributed by atoms with Crippen molar-refractivity contribution < 1.29 is 45.0 Å². The third-order valence-electron chi connectivity index (χ3n) is 5.78. The Labute approximate surface area is 203 Å². The van der Waals surface area contributed by atoms with Crippen LogP contribution < -0.4 is 0 Å². The van der Waals surface area contributed by atoms with Crippen LogP contribution >= 0.6 is 0 Å². The number of hydrogen-bond acceptors (Lipinski definition) is 9. The SMILES string of the molecule is CCCCCCCCCCCCCC=CC(=O)C(O[C@@H](C=O)[C@@H](O)[C@H](O)[C@H](O)CO)C(O)CO. The van der Waals surface area contributed by atoms with Crippen molar-refractivity contribution in [2.75, 3.05) is 13.2 Å². The van der Waals surface area contributed by atoms with E-state index >= 15 is 0 Å². The molecule has 0 aromatic carbocycles. The largest absolute Gasteiger partial charge is 0.394 e. The molecule has 0 aliphatic heterocycles. The van der Waals surface area contributed by atoms with Crippen LogP contribution in [-0.2, 0) is 14.3 Å². The van der Waals surface area contributed by atoms with E-state index < -0.39 is 55.6 Å². The van der Waals surface area contributed by atoms with E-state index in [1.165, 1.54) is 57.4 Å². The summed E-state index contributed by atoms with van der Waals surface area (Å²) in [5.41, 5.74) is 0. The second-order valence-electron chi connectivity index (χ2n) is 8.77. The molecule has 200 valence electrons. The van der Waals surface area contributed by atoms with Gasteiger partial charge in [-0.2, -0.15) is 0 Å². The van der Waals surface area contributed by atoms with Gasteiger partial charge in [-0.15, -0.1) is 0 Å². The van der Waals surface area contributed by atoms with Gasteiger partial charge in [-0.05, 0) is 18.9 Å². The minimum absolute atomic E-state index is 0.108. The molecule has 9 nitrogen and oxygen atoms in total. The predicted octanol–water partition coefficient (Wildman–Crippen LogP) is 1.19. The van der Waals surface area contributed by atoms with E-state index in [2.05, 4.69) is 6.92 Å². The number of unbranched alkanes of at least 4 members (excludes halogenated alkanes) is 11. The van der Waals surface area contributed by atoms with Crippen molar-refractivity contribution in [1.29, 1.82) is 0 Å². The number of ether oxygens (including phenoxy) is 1. The number of rotatable bonds is 23. The summed E-state index contributed by atoms with van der Waals surface area (Å²) in [6.07, 6.45) is 6.21. The van der Waals surface area contributed by atoms with Crippen molar-refractivity contribution >= 4 is 12.1 Å². The lowest BCUT2D eigenvalue weighted by Crippen LogP contribution is -2.51. The Bertz CT molecular complexity index is 540. The zero-order chi connectivity index (χ0) is 25.8. The maximum atomic E-state index is 12.4. The van der Waals surface area contributed by atoms with Gasteiger partial charge in [0.1, 0.15) is 36.6 Å². The van der Waals surface area contributed by atoms with Gasteiger partial charge in [0.05, 0.1) is 13.2 Å². The maximum absolute atomic E-state index is 12.4. The van der Waals surface area contributed by atoms with Crippen LogP contribution in [-0.4, -0.2) is 92.5 Å². The number of allylic oxidation sites excluding steroid dienone is 1. The summed E-state index contributed by atoms with van der Waals surface area (Å²) in [4.78, 5) is 23.7. The Balaban J connectivity index is 4.42. The lowest BCUT2D eigenvalue weighted by atomic mass is 10.0. The number of hydrogen-bond donors (Lipinski definition) is 6. The molecule has 6 N–H and O–H groups in total. The van der Waals surface area contributed by atoms with Crippen molar-refractivity contribution in [2.24, 2.45) is 0 Å². The molecule has 0 amide bonds. The van der Waals surface area contributed by atoms with Crippen LogP contribution in [0.2, 0.25) is 0 Å². The fourth-order valence-electron chi connectivity index (χ4n) is 3.56. The van der Waals surface area contributed by atoms with Crippen molar-refractivity contribution in [3.05, 3.63) is 12.2 Å². The highest BCUT2D eigenvalue weighted by Crippen LogP contribution is 2.14. The molecule has 0 saturated carbocycles. The first-order valence-corrected chi connectivity index (χ1v) is 12.6. The molecule has 2 unspecified atom stereocenters. The van der Waals surface area contributed by atoms with E-state index in [0.717, 1.165) is 19.3 Å². The van der Waals surface area contributed by atoms with Gasteiger partial charge in [0.15, 0.2) is 12.1 Å². The summed E-state index contributed by atoms with van der Waals surface area (Å²) in [7, 11) is 0. The Morgan fingerprint density at radius 2 is 1.26 bits per heavy atom. The fraction of sp³-hybridized carbons (Fsp3) is 0.840. The summed E-state index contributed by atoms with van der Waals surface area (Å²) in [5, 5.41) is 57.2. The second kappa shape index (κ2) is 21.1. The molecular formula is C25H46O9. The summed E-state index contributed by atoms with van der Waals surface area (Å²) < 4.78 is 5.17. The first-order chi connectivity index (χ1) is 16.3. The van der Waals surface area contributed by atoms with Gasteiger partial charge in [-0.25, -0.2) is 0 Å². The predicted molar refractivity (Wildman–Crippen MR) is 128 cm³/mol. The van der Waals surface area contributed by atoms with Gasteiger partial charge in [-0.3, -0.25) is 4.79 Å². The van der Waals surface area contributed by atoms with Crippen LogP contribution in [0.3, 0.4) is 0 Å². The Hall–Kier alpha value is -1.20. The highest BCUT2D eigenvalue weighted by molar-refractivity contribution is 5.94. The van der Waals surface area contributed by atoms with Crippen LogP contribution in [0.25, 0.3) is 0 Å². The first kappa shape index (κ1) is 32.8. The number of aliphatic hydroxyl groups is 6. The topological polar surface area (TPSA) is 165 Å². The van der Waals surface area contributed by atoms with Crippen LogP contribution in [0.15, 0.2) is 12.2 Å². The van der Waals surface area contributed by atoms with Gasteiger partial charge >= 0.3 is 0 Å². The fourth-order valence-corrected chi connectivity index (χ4v) is 3.56. The molecule has 6 atom stereocenters. The van der Waals surface area contributed by atoms with Gasteiger partial charge in [0.2, 0.25) is 0 Å². The number of carbonyl (C=O) groups is 2. The molecule has 34 heavy (non-hydrogen) atoms. The molecule has 0 bridgehead atoms. The van der Waals surface area contributed by atoms with E-state index in [0.29, 0.717) is 6.42 Å². The van der Waals surface area contributed by atoms with Crippen LogP contribution in [0.1, 0.15) is 84.0 Å². The van der Waals surface area contributed by atoms with Crippen LogP contribution in [0, 0.1) is 0 Å². The zero-order valence-corrected chi connectivity index (χ0v) is 20.5. The molecule has 0 aromatic heterocycles. The first-order valence-electron chi connectivity index (χ1n) is 12.6. The van der Waals surface area contributed by atoms with E-state index in [9.17, 15) is 35.1 Å². The molecule has 0 spiro atoms.